The highest BCUT2D eigenvalue weighted by molar-refractivity contribution is 6.03. The quantitative estimate of drug-likeness (QED) is 0.0192. The first-order valence-corrected chi connectivity index (χ1v) is 26.2. The molecular weight excluding hydrogens is 996 g/mol. The standard InChI is InChI=1S/C62H61FN4O11/c1-2-36-75-62-58(65(40-43-14-23-48(63)24-15-43)59(70)33-20-42-16-25-49(26-17-42)66(71)72)39-56(64-76-41-44-18-27-50(28-19-44)67(73)74)54-37-47(12-6-8-34-68)53(13-7-9-35-69)60(61(54)62)55-38-52(31-32-57(55)78-62)77-51-29-21-46(22-30-51)45-10-4-3-5-11-45/h2-5,10-11,14-33,37-38,47,53,58,60-61,68-69H,1,6-9,12-13,34-36,39-41H2. The third-order valence-corrected chi connectivity index (χ3v) is 14.8. The van der Waals surface area contributed by atoms with Crippen LogP contribution >= 0.6 is 0 Å². The largest absolute Gasteiger partial charge is 0.459 e. The number of benzene rings is 6. The molecule has 6 aromatic carbocycles. The number of carbonyl (C=O) groups is 1. The molecule has 15 nitrogen and oxygen atoms in total. The fourth-order valence-corrected chi connectivity index (χ4v) is 11.2. The number of nitro benzene ring substituents is 2. The van der Waals surface area contributed by atoms with E-state index < -0.39 is 45.2 Å². The van der Waals surface area contributed by atoms with Crippen LogP contribution in [0.3, 0.4) is 0 Å². The molecule has 2 N–H and O–H groups in total. The summed E-state index contributed by atoms with van der Waals surface area (Å²) in [5, 5.41) is 48.1. The number of rotatable bonds is 24. The summed E-state index contributed by atoms with van der Waals surface area (Å²) < 4.78 is 35.9. The lowest BCUT2D eigenvalue weighted by atomic mass is 9.55. The molecule has 0 bridgehead atoms. The number of aliphatic hydroxyl groups excluding tert-OH is 2. The van der Waals surface area contributed by atoms with E-state index >= 15 is 4.79 Å². The predicted octanol–water partition coefficient (Wildman–Crippen LogP) is 12.7. The number of nitrogens with zero attached hydrogens (tertiary/aromatic N) is 4. The number of amides is 1. The summed E-state index contributed by atoms with van der Waals surface area (Å²) in [4.78, 5) is 45.2. The monoisotopic (exact) mass is 1060 g/mol. The number of allylic oxidation sites excluding steroid dienone is 1. The van der Waals surface area contributed by atoms with Gasteiger partial charge in [-0.3, -0.25) is 25.0 Å². The third kappa shape index (κ3) is 12.4. The molecule has 1 saturated carbocycles. The Morgan fingerprint density at radius 3 is 2.10 bits per heavy atom. The van der Waals surface area contributed by atoms with Crippen LogP contribution in [0.4, 0.5) is 15.8 Å². The second-order valence-electron chi connectivity index (χ2n) is 19.7. The Bertz CT molecular complexity index is 3150. The van der Waals surface area contributed by atoms with Crippen LogP contribution in [0.1, 0.15) is 73.1 Å². The first-order chi connectivity index (χ1) is 38.0. The molecule has 1 aliphatic heterocycles. The molecule has 1 amide bonds. The molecule has 6 unspecified atom stereocenters. The average molecular weight is 1060 g/mol. The molecule has 1 heterocycles. The van der Waals surface area contributed by atoms with Gasteiger partial charge in [0, 0.05) is 68.0 Å². The Morgan fingerprint density at radius 2 is 1.44 bits per heavy atom. The highest BCUT2D eigenvalue weighted by atomic mass is 19.1. The number of hydrogen-bond acceptors (Lipinski definition) is 12. The molecule has 9 rings (SSSR count). The summed E-state index contributed by atoms with van der Waals surface area (Å²) >= 11 is 0. The topological polar surface area (TPSA) is 196 Å². The zero-order valence-corrected chi connectivity index (χ0v) is 43.0. The van der Waals surface area contributed by atoms with Gasteiger partial charge in [0.15, 0.2) is 0 Å². The van der Waals surface area contributed by atoms with Crippen LogP contribution in [-0.2, 0) is 27.5 Å². The van der Waals surface area contributed by atoms with Crippen LogP contribution in [0.5, 0.6) is 17.2 Å². The molecule has 6 aromatic rings. The Morgan fingerprint density at radius 1 is 0.795 bits per heavy atom. The van der Waals surface area contributed by atoms with E-state index in [2.05, 4.69) is 12.7 Å². The van der Waals surface area contributed by atoms with Gasteiger partial charge in [0.25, 0.3) is 11.4 Å². The molecule has 3 aliphatic rings. The lowest BCUT2D eigenvalue weighted by molar-refractivity contribution is -0.385. The lowest BCUT2D eigenvalue weighted by Crippen LogP contribution is -2.70. The molecule has 0 radical (unpaired) electrons. The van der Waals surface area contributed by atoms with Crippen molar-refractivity contribution in [3.8, 4) is 28.4 Å². The fraction of sp³-hybridized carbons (Fsp3) is 0.290. The van der Waals surface area contributed by atoms with Crippen LogP contribution in [0.25, 0.3) is 17.2 Å². The van der Waals surface area contributed by atoms with Gasteiger partial charge < -0.3 is 34.2 Å². The molecule has 2 aliphatic carbocycles. The van der Waals surface area contributed by atoms with E-state index in [1.165, 1.54) is 42.5 Å². The third-order valence-electron chi connectivity index (χ3n) is 14.8. The summed E-state index contributed by atoms with van der Waals surface area (Å²) in [6.45, 7) is 3.98. The Balaban J connectivity index is 1.22. The Hall–Kier alpha value is -8.31. The van der Waals surface area contributed by atoms with Crippen molar-refractivity contribution in [2.24, 2.45) is 22.9 Å². The molecule has 0 spiro atoms. The molecule has 0 saturated heterocycles. The fourth-order valence-electron chi connectivity index (χ4n) is 11.2. The minimum Gasteiger partial charge on any atom is -0.459 e. The van der Waals surface area contributed by atoms with E-state index in [1.54, 1.807) is 53.5 Å². The number of halogens is 1. The number of hydrogen-bond donors (Lipinski definition) is 2. The number of non-ortho nitro benzene ring substituents is 2. The number of unbranched alkanes of at least 4 members (excludes halogenated alkanes) is 2. The van der Waals surface area contributed by atoms with Gasteiger partial charge in [0.2, 0.25) is 11.7 Å². The predicted molar refractivity (Wildman–Crippen MR) is 294 cm³/mol. The first kappa shape index (κ1) is 54.5. The van der Waals surface area contributed by atoms with Gasteiger partial charge >= 0.3 is 0 Å². The first-order valence-electron chi connectivity index (χ1n) is 26.2. The number of fused-ring (bicyclic) bond motifs is 2. The lowest BCUT2D eigenvalue weighted by Gasteiger charge is -2.60. The maximum Gasteiger partial charge on any atom is 0.269 e. The molecular formula is C62H61FN4O11. The van der Waals surface area contributed by atoms with Crippen LogP contribution in [-0.4, -0.2) is 68.2 Å². The van der Waals surface area contributed by atoms with E-state index in [0.29, 0.717) is 71.8 Å². The van der Waals surface area contributed by atoms with Crippen molar-refractivity contribution in [3.05, 3.63) is 224 Å². The van der Waals surface area contributed by atoms with Crippen molar-refractivity contribution >= 4 is 29.1 Å². The highest BCUT2D eigenvalue weighted by Crippen LogP contribution is 2.62. The van der Waals surface area contributed by atoms with Crippen LogP contribution in [0.2, 0.25) is 0 Å². The summed E-state index contributed by atoms with van der Waals surface area (Å²) in [5.74, 6) is -2.20. The minimum atomic E-state index is -1.66. The summed E-state index contributed by atoms with van der Waals surface area (Å²) in [7, 11) is 0. The zero-order chi connectivity index (χ0) is 54.6. The van der Waals surface area contributed by atoms with Crippen molar-refractivity contribution in [3.63, 3.8) is 0 Å². The summed E-state index contributed by atoms with van der Waals surface area (Å²) in [6, 6.07) is 40.3. The van der Waals surface area contributed by atoms with Crippen molar-refractivity contribution in [1.29, 1.82) is 0 Å². The number of carbonyl (C=O) groups excluding carboxylic acids is 1. The minimum absolute atomic E-state index is 0.00204. The second-order valence-corrected chi connectivity index (χ2v) is 19.7. The number of aliphatic hydroxyl groups is 2. The van der Waals surface area contributed by atoms with Crippen molar-refractivity contribution < 1.29 is 48.3 Å². The SMILES string of the molecule is C=CCOC12Oc3ccc(Oc4ccc(-c5ccccc5)cc4)cc3C3C(CCCCO)C(CCCCO)C=C(C(=NOCc4ccc([N+](=O)[O-])cc4)CC1N(Cc1ccc(F)cc1)C(=O)C=Cc1ccc([N+](=O)[O-])cc1)C32. The summed E-state index contributed by atoms with van der Waals surface area (Å²) in [6.07, 6.45) is 10.8. The second kappa shape index (κ2) is 25.2. The average Bonchev–Trinajstić information content (AvgIpc) is 3.33. The molecule has 402 valence electrons. The number of ether oxygens (including phenoxy) is 3. The summed E-state index contributed by atoms with van der Waals surface area (Å²) in [5.41, 5.74) is 5.80. The molecule has 16 heteroatoms. The van der Waals surface area contributed by atoms with Crippen molar-refractivity contribution in [1.82, 2.24) is 4.90 Å². The van der Waals surface area contributed by atoms with E-state index in [9.17, 15) is 34.8 Å². The zero-order valence-electron chi connectivity index (χ0n) is 43.0. The van der Waals surface area contributed by atoms with E-state index in [4.69, 9.17) is 24.2 Å². The van der Waals surface area contributed by atoms with Crippen LogP contribution < -0.4 is 9.47 Å². The smallest absolute Gasteiger partial charge is 0.269 e. The Kier molecular flexibility index (Phi) is 17.6. The van der Waals surface area contributed by atoms with E-state index in [-0.39, 0.29) is 62.6 Å². The van der Waals surface area contributed by atoms with Crippen molar-refractivity contribution in [2.45, 2.75) is 75.8 Å². The van der Waals surface area contributed by atoms with Gasteiger partial charge in [-0.15, -0.1) is 6.58 Å². The number of oxime groups is 1. The van der Waals surface area contributed by atoms with Crippen LogP contribution in [0, 0.1) is 43.8 Å². The van der Waals surface area contributed by atoms with Crippen molar-refractivity contribution in [2.75, 3.05) is 19.8 Å². The normalized spacial score (nSPS) is 20.7. The van der Waals surface area contributed by atoms with Gasteiger partial charge in [-0.1, -0.05) is 84.7 Å². The number of nitro groups is 2. The van der Waals surface area contributed by atoms with Gasteiger partial charge in [-0.2, -0.15) is 0 Å². The van der Waals surface area contributed by atoms with E-state index in [0.717, 1.165) is 28.7 Å². The highest BCUT2D eigenvalue weighted by Gasteiger charge is 2.65. The van der Waals surface area contributed by atoms with E-state index in [1.807, 2.05) is 72.8 Å². The maximum absolute atomic E-state index is 15.3. The maximum atomic E-state index is 15.3. The molecule has 78 heavy (non-hydrogen) atoms. The van der Waals surface area contributed by atoms with Crippen LogP contribution in [0.15, 0.2) is 181 Å². The molecule has 6 atom stereocenters. The van der Waals surface area contributed by atoms with Gasteiger partial charge in [0.05, 0.1) is 28.1 Å². The molecule has 1 fully saturated rings. The van der Waals surface area contributed by atoms with Gasteiger partial charge in [-0.25, -0.2) is 4.39 Å². The Labute approximate surface area is 451 Å². The van der Waals surface area contributed by atoms with Gasteiger partial charge in [0.1, 0.15) is 35.7 Å². The molecule has 0 aromatic heterocycles. The van der Waals surface area contributed by atoms with Gasteiger partial charge in [-0.05, 0) is 144 Å².